The molecule has 0 aromatic rings. The monoisotopic (exact) mass is 247 g/mol. The van der Waals surface area contributed by atoms with Gasteiger partial charge in [-0.15, -0.1) is 0 Å². The molecule has 0 aliphatic carbocycles. The number of hydrogen-bond acceptors (Lipinski definition) is 2. The number of rotatable bonds is 6. The molecule has 0 aliphatic rings. The summed E-state index contributed by atoms with van der Waals surface area (Å²) in [7, 11) is 4.03. The molecule has 0 aliphatic heterocycles. The molecule has 0 aromatic heterocycles. The fourth-order valence-corrected chi connectivity index (χ4v) is 1.39. The first kappa shape index (κ1) is 17.6. The Morgan fingerprint density at radius 2 is 2.00 bits per heavy atom. The van der Waals surface area contributed by atoms with Crippen LogP contribution in [0.2, 0.25) is 0 Å². The van der Waals surface area contributed by atoms with Crippen LogP contribution < -0.4 is 12.4 Å². The third-order valence-corrected chi connectivity index (χ3v) is 2.32. The minimum atomic E-state index is -0.322. The number of hydrogen-bond donors (Lipinski definition) is 0. The molecule has 0 saturated carbocycles. The van der Waals surface area contributed by atoms with E-state index in [2.05, 4.69) is 13.2 Å². The Labute approximate surface area is 105 Å². The van der Waals surface area contributed by atoms with E-state index in [9.17, 15) is 4.79 Å². The van der Waals surface area contributed by atoms with Gasteiger partial charge in [0.25, 0.3) is 0 Å². The fourth-order valence-electron chi connectivity index (χ4n) is 1.39. The van der Waals surface area contributed by atoms with Gasteiger partial charge in [0, 0.05) is 12.0 Å². The Bertz CT molecular complexity index is 262. The number of carbonyl (C=O) groups excluding carboxylic acids is 1. The van der Waals surface area contributed by atoms with Crippen LogP contribution in [0.1, 0.15) is 20.3 Å². The average Bonchev–Trinajstić information content (AvgIpc) is 2.12. The molecule has 0 spiro atoms. The molecular weight excluding hydrogens is 226 g/mol. The molecule has 0 heterocycles. The van der Waals surface area contributed by atoms with E-state index >= 15 is 0 Å². The molecule has 16 heavy (non-hydrogen) atoms. The van der Waals surface area contributed by atoms with E-state index in [1.54, 1.807) is 6.92 Å². The number of carbonyl (C=O) groups is 1. The summed E-state index contributed by atoms with van der Waals surface area (Å²) in [5.41, 5.74) is 0.437. The van der Waals surface area contributed by atoms with Gasteiger partial charge in [-0.05, 0) is 13.0 Å². The maximum Gasteiger partial charge on any atom is 0.337 e. The molecular formula is C12H22ClNO2. The number of nitrogens with zero attached hydrogens (tertiary/aromatic N) is 1. The lowest BCUT2D eigenvalue weighted by Gasteiger charge is -2.35. The van der Waals surface area contributed by atoms with Crippen LogP contribution in [0.4, 0.5) is 0 Å². The summed E-state index contributed by atoms with van der Waals surface area (Å²) in [6.07, 6.45) is 2.46. The predicted molar refractivity (Wildman–Crippen MR) is 62.2 cm³/mol. The molecule has 0 fully saturated rings. The van der Waals surface area contributed by atoms with Crippen molar-refractivity contribution in [2.45, 2.75) is 26.5 Å². The lowest BCUT2D eigenvalue weighted by Crippen LogP contribution is -3.00. The topological polar surface area (TPSA) is 26.3 Å². The summed E-state index contributed by atoms with van der Waals surface area (Å²) in [5.74, 6) is -0.322. The standard InChI is InChI=1S/C12H22NO2.ClH/c1-7-9-13(5,6)11(8-2)15-12(14)10(3)4;/h7,11H,1,3,8-9H2,2,4-6H3;1H/q+1;/p-1. The van der Waals surface area contributed by atoms with Gasteiger partial charge in [-0.1, -0.05) is 20.1 Å². The maximum atomic E-state index is 11.4. The smallest absolute Gasteiger partial charge is 0.337 e. The van der Waals surface area contributed by atoms with Gasteiger partial charge >= 0.3 is 5.97 Å². The molecule has 1 unspecified atom stereocenters. The van der Waals surface area contributed by atoms with Crippen molar-refractivity contribution in [3.8, 4) is 0 Å². The van der Waals surface area contributed by atoms with Gasteiger partial charge in [0.15, 0.2) is 0 Å². The van der Waals surface area contributed by atoms with Crippen molar-refractivity contribution in [2.75, 3.05) is 20.6 Å². The molecule has 0 saturated heterocycles. The summed E-state index contributed by atoms with van der Waals surface area (Å²) in [6.45, 7) is 11.7. The van der Waals surface area contributed by atoms with Crippen LogP contribution >= 0.6 is 0 Å². The summed E-state index contributed by atoms with van der Waals surface area (Å²) in [6, 6.07) is 0. The Kier molecular flexibility index (Phi) is 8.21. The van der Waals surface area contributed by atoms with Crippen LogP contribution in [0.15, 0.2) is 24.8 Å². The van der Waals surface area contributed by atoms with Gasteiger partial charge in [-0.25, -0.2) is 4.79 Å². The Balaban J connectivity index is 0. The van der Waals surface area contributed by atoms with Crippen molar-refractivity contribution in [1.82, 2.24) is 0 Å². The number of quaternary nitrogens is 1. The fraction of sp³-hybridized carbons (Fsp3) is 0.583. The lowest BCUT2D eigenvalue weighted by atomic mass is 10.3. The zero-order valence-electron chi connectivity index (χ0n) is 10.6. The first-order valence-electron chi connectivity index (χ1n) is 5.15. The number of likely N-dealkylation sites (N-methyl/N-ethyl adjacent to an activating group) is 1. The van der Waals surface area contributed by atoms with Crippen LogP contribution in [0.3, 0.4) is 0 Å². The summed E-state index contributed by atoms with van der Waals surface area (Å²) in [5, 5.41) is 0. The van der Waals surface area contributed by atoms with E-state index in [1.165, 1.54) is 0 Å². The van der Waals surface area contributed by atoms with Crippen LogP contribution in [-0.2, 0) is 9.53 Å². The third-order valence-electron chi connectivity index (χ3n) is 2.32. The number of halogens is 1. The number of ether oxygens (including phenoxy) is 1. The third kappa shape index (κ3) is 5.33. The molecule has 1 atom stereocenters. The second kappa shape index (κ2) is 7.47. The Morgan fingerprint density at radius 1 is 1.50 bits per heavy atom. The van der Waals surface area contributed by atoms with Crippen molar-refractivity contribution in [1.29, 1.82) is 0 Å². The van der Waals surface area contributed by atoms with Crippen molar-refractivity contribution in [3.05, 3.63) is 24.8 Å². The van der Waals surface area contributed by atoms with E-state index in [4.69, 9.17) is 4.74 Å². The highest BCUT2D eigenvalue weighted by atomic mass is 35.5. The highest BCUT2D eigenvalue weighted by Crippen LogP contribution is 2.13. The molecule has 0 aromatic carbocycles. The molecule has 94 valence electrons. The summed E-state index contributed by atoms with van der Waals surface area (Å²) in [4.78, 5) is 11.4. The Hall–Kier alpha value is -0.800. The van der Waals surface area contributed by atoms with E-state index in [1.807, 2.05) is 27.1 Å². The normalized spacial score (nSPS) is 12.2. The molecule has 0 bridgehead atoms. The summed E-state index contributed by atoms with van der Waals surface area (Å²) < 4.78 is 5.96. The van der Waals surface area contributed by atoms with Crippen molar-refractivity contribution >= 4 is 5.97 Å². The SMILES string of the molecule is C=CC[N+](C)(C)C(CC)OC(=O)C(=C)C.[Cl-]. The van der Waals surface area contributed by atoms with Gasteiger partial charge in [0.1, 0.15) is 0 Å². The van der Waals surface area contributed by atoms with Crippen molar-refractivity contribution < 1.29 is 26.4 Å². The quantitative estimate of drug-likeness (QED) is 0.200. The molecule has 4 heteroatoms. The van der Waals surface area contributed by atoms with Gasteiger partial charge in [-0.2, -0.15) is 0 Å². The molecule has 0 N–H and O–H groups in total. The largest absolute Gasteiger partial charge is 1.00 e. The number of esters is 1. The van der Waals surface area contributed by atoms with Crippen molar-refractivity contribution in [3.63, 3.8) is 0 Å². The van der Waals surface area contributed by atoms with E-state index in [0.717, 1.165) is 13.0 Å². The van der Waals surface area contributed by atoms with Crippen LogP contribution in [0, 0.1) is 0 Å². The highest BCUT2D eigenvalue weighted by Gasteiger charge is 2.28. The van der Waals surface area contributed by atoms with Gasteiger partial charge in [-0.3, -0.25) is 4.48 Å². The highest BCUT2D eigenvalue weighted by molar-refractivity contribution is 5.86. The zero-order chi connectivity index (χ0) is 12.1. The van der Waals surface area contributed by atoms with Gasteiger partial charge < -0.3 is 17.1 Å². The van der Waals surface area contributed by atoms with E-state index in [0.29, 0.717) is 10.1 Å². The maximum absolute atomic E-state index is 11.4. The first-order chi connectivity index (χ1) is 6.85. The Morgan fingerprint density at radius 3 is 2.31 bits per heavy atom. The van der Waals surface area contributed by atoms with Crippen LogP contribution in [0.5, 0.6) is 0 Å². The van der Waals surface area contributed by atoms with E-state index < -0.39 is 0 Å². The van der Waals surface area contributed by atoms with Gasteiger partial charge in [0.2, 0.25) is 6.23 Å². The molecule has 0 amide bonds. The molecule has 0 rings (SSSR count). The summed E-state index contributed by atoms with van der Waals surface area (Å²) >= 11 is 0. The second-order valence-corrected chi connectivity index (χ2v) is 4.30. The molecule has 0 radical (unpaired) electrons. The minimum Gasteiger partial charge on any atom is -1.00 e. The van der Waals surface area contributed by atoms with Crippen LogP contribution in [0.25, 0.3) is 0 Å². The zero-order valence-corrected chi connectivity index (χ0v) is 11.4. The lowest BCUT2D eigenvalue weighted by molar-refractivity contribution is -0.929. The molecule has 3 nitrogen and oxygen atoms in total. The van der Waals surface area contributed by atoms with E-state index in [-0.39, 0.29) is 24.6 Å². The predicted octanol–water partition coefficient (Wildman–Crippen LogP) is -0.892. The first-order valence-corrected chi connectivity index (χ1v) is 5.15. The van der Waals surface area contributed by atoms with Crippen LogP contribution in [-0.4, -0.2) is 37.3 Å². The second-order valence-electron chi connectivity index (χ2n) is 4.30. The van der Waals surface area contributed by atoms with Crippen molar-refractivity contribution in [2.24, 2.45) is 0 Å². The minimum absolute atomic E-state index is 0. The van der Waals surface area contributed by atoms with Gasteiger partial charge in [0.05, 0.1) is 20.6 Å². The average molecular weight is 248 g/mol.